The molecule has 10 heteroatoms. The highest BCUT2D eigenvalue weighted by molar-refractivity contribution is 5.75. The second kappa shape index (κ2) is 18.5. The summed E-state index contributed by atoms with van der Waals surface area (Å²) in [4.78, 5) is 28.5. The maximum Gasteiger partial charge on any atom is 0.253 e. The van der Waals surface area contributed by atoms with Crippen molar-refractivity contribution >= 4 is 11.4 Å². The van der Waals surface area contributed by atoms with Gasteiger partial charge in [-0.05, 0) is 54.9 Å². The molecule has 3 aromatic rings. The fraction of sp³-hybridized carbons (Fsp3) is 0.590. The van der Waals surface area contributed by atoms with Crippen molar-refractivity contribution in [3.8, 4) is 11.5 Å². The Balaban J connectivity index is 1.30. The first kappa shape index (κ1) is 36.8. The number of aliphatic hydroxyl groups is 1. The van der Waals surface area contributed by atoms with Gasteiger partial charge in [0.05, 0.1) is 32.5 Å². The van der Waals surface area contributed by atoms with Crippen LogP contribution in [0.5, 0.6) is 11.5 Å². The van der Waals surface area contributed by atoms with E-state index in [-0.39, 0.29) is 18.1 Å². The van der Waals surface area contributed by atoms with E-state index in [1.54, 1.807) is 21.3 Å². The van der Waals surface area contributed by atoms with Crippen molar-refractivity contribution in [1.82, 2.24) is 5.32 Å². The first-order valence-corrected chi connectivity index (χ1v) is 18.0. The maximum atomic E-state index is 13.2. The quantitative estimate of drug-likeness (QED) is 0.115. The third-order valence-electron chi connectivity index (χ3n) is 10.2. The normalized spacial score (nSPS) is 19.0. The summed E-state index contributed by atoms with van der Waals surface area (Å²) in [5, 5.41) is 18.4. The summed E-state index contributed by atoms with van der Waals surface area (Å²) in [6.07, 6.45) is 8.32. The maximum absolute atomic E-state index is 13.2. The molecule has 2 fully saturated rings. The highest BCUT2D eigenvalue weighted by atomic mass is 16.5. The molecular formula is C39H55N3O7. The average Bonchev–Trinajstić information content (AvgIpc) is 3.14. The Morgan fingerprint density at radius 1 is 0.898 bits per heavy atom. The molecule has 49 heavy (non-hydrogen) atoms. The minimum Gasteiger partial charge on any atom is -0.497 e. The van der Waals surface area contributed by atoms with E-state index in [4.69, 9.17) is 18.9 Å². The molecule has 0 aromatic heterocycles. The summed E-state index contributed by atoms with van der Waals surface area (Å²) < 4.78 is 22.5. The van der Waals surface area contributed by atoms with Crippen LogP contribution in [-0.2, 0) is 16.0 Å². The van der Waals surface area contributed by atoms with Crippen molar-refractivity contribution in [1.29, 1.82) is 0 Å². The van der Waals surface area contributed by atoms with E-state index < -0.39 is 17.0 Å². The molecule has 0 amide bonds. The van der Waals surface area contributed by atoms with Crippen LogP contribution < -0.4 is 35.9 Å². The van der Waals surface area contributed by atoms with E-state index in [1.165, 1.54) is 19.3 Å². The number of methoxy groups -OCH3 is 3. The van der Waals surface area contributed by atoms with Crippen molar-refractivity contribution in [3.63, 3.8) is 0 Å². The van der Waals surface area contributed by atoms with Crippen molar-refractivity contribution in [2.24, 2.45) is 11.8 Å². The van der Waals surface area contributed by atoms with E-state index in [0.717, 1.165) is 49.7 Å². The molecular weight excluding hydrogens is 622 g/mol. The van der Waals surface area contributed by atoms with Gasteiger partial charge in [-0.15, -0.1) is 0 Å². The number of rotatable bonds is 19. The van der Waals surface area contributed by atoms with E-state index in [2.05, 4.69) is 27.7 Å². The van der Waals surface area contributed by atoms with Crippen LogP contribution in [0.15, 0.2) is 58.1 Å². The monoisotopic (exact) mass is 677 g/mol. The van der Waals surface area contributed by atoms with Crippen LogP contribution in [0.2, 0.25) is 0 Å². The van der Waals surface area contributed by atoms with Gasteiger partial charge in [0, 0.05) is 58.5 Å². The summed E-state index contributed by atoms with van der Waals surface area (Å²) in [6.45, 7) is 3.36. The number of aliphatic hydroxyl groups excluding tert-OH is 1. The standard InChI is InChI=1S/C39H55N3O7/c1-46-18-11-19-49-39(29-14-8-5-9-15-29)30-16-10-17-42(26-30)36-35(37(44)38(36)45)41-33(22-27-12-6-4-7-13-27)34(43)25-40-24-28-20-31(47-2)23-32(21-28)48-3/h5,8-9,14-15,20-21,23,27,30,33-34,39-41,43H,4,6-7,10-13,16-19,22,24-26H2,1-3H3. The van der Waals surface area contributed by atoms with E-state index in [9.17, 15) is 14.7 Å². The van der Waals surface area contributed by atoms with Crippen LogP contribution in [0, 0.1) is 11.8 Å². The lowest BCUT2D eigenvalue weighted by Gasteiger charge is -2.40. The fourth-order valence-electron chi connectivity index (χ4n) is 7.59. The van der Waals surface area contributed by atoms with Gasteiger partial charge >= 0.3 is 0 Å². The Kier molecular flexibility index (Phi) is 13.9. The third kappa shape index (κ3) is 9.84. The van der Waals surface area contributed by atoms with Crippen molar-refractivity contribution < 1.29 is 24.1 Å². The third-order valence-corrected chi connectivity index (χ3v) is 10.2. The van der Waals surface area contributed by atoms with Gasteiger partial charge in [-0.2, -0.15) is 0 Å². The molecule has 1 aliphatic carbocycles. The van der Waals surface area contributed by atoms with Gasteiger partial charge in [0.1, 0.15) is 22.9 Å². The number of piperidine rings is 1. The number of hydrogen-bond donors (Lipinski definition) is 3. The molecule has 5 rings (SSSR count). The van der Waals surface area contributed by atoms with Crippen LogP contribution >= 0.6 is 0 Å². The van der Waals surface area contributed by atoms with Gasteiger partial charge in [0.15, 0.2) is 0 Å². The largest absolute Gasteiger partial charge is 0.497 e. The van der Waals surface area contributed by atoms with Crippen molar-refractivity contribution in [2.45, 2.75) is 82.6 Å². The summed E-state index contributed by atoms with van der Waals surface area (Å²) in [7, 11) is 4.94. The zero-order valence-electron chi connectivity index (χ0n) is 29.5. The Morgan fingerprint density at radius 3 is 2.33 bits per heavy atom. The Hall–Kier alpha value is -3.44. The summed E-state index contributed by atoms with van der Waals surface area (Å²) >= 11 is 0. The molecule has 3 aromatic carbocycles. The Bertz CT molecular complexity index is 1480. The molecule has 4 atom stereocenters. The molecule has 4 unspecified atom stereocenters. The molecule has 1 heterocycles. The molecule has 0 bridgehead atoms. The van der Waals surface area contributed by atoms with Gasteiger partial charge in [-0.3, -0.25) is 9.59 Å². The van der Waals surface area contributed by atoms with Gasteiger partial charge in [0.25, 0.3) is 10.9 Å². The number of benzene rings is 2. The lowest BCUT2D eigenvalue weighted by molar-refractivity contribution is -0.00235. The van der Waals surface area contributed by atoms with Crippen LogP contribution in [-0.4, -0.2) is 71.4 Å². The first-order chi connectivity index (χ1) is 23.9. The van der Waals surface area contributed by atoms with Gasteiger partial charge < -0.3 is 39.6 Å². The van der Waals surface area contributed by atoms with Crippen LogP contribution in [0.3, 0.4) is 0 Å². The van der Waals surface area contributed by atoms with E-state index >= 15 is 0 Å². The van der Waals surface area contributed by atoms with Crippen LogP contribution in [0.25, 0.3) is 0 Å². The molecule has 1 saturated heterocycles. The predicted molar refractivity (Wildman–Crippen MR) is 194 cm³/mol. The summed E-state index contributed by atoms with van der Waals surface area (Å²) in [5.41, 5.74) is 1.95. The van der Waals surface area contributed by atoms with Crippen molar-refractivity contribution in [3.05, 3.63) is 80.1 Å². The molecule has 0 spiro atoms. The highest BCUT2D eigenvalue weighted by Gasteiger charge is 2.35. The highest BCUT2D eigenvalue weighted by Crippen LogP contribution is 2.36. The SMILES string of the molecule is COCCCOC(c1ccccc1)C1CCCN(c2c(NC(CC3CCCCC3)C(O)CNCc3cc(OC)cc(OC)c3)c(=O)c2=O)C1. The summed E-state index contributed by atoms with van der Waals surface area (Å²) in [5.74, 6) is 2.02. The number of ether oxygens (including phenoxy) is 4. The molecule has 3 N–H and O–H groups in total. The van der Waals surface area contributed by atoms with Crippen molar-refractivity contribution in [2.75, 3.05) is 64.4 Å². The molecule has 2 aliphatic rings. The molecule has 268 valence electrons. The molecule has 1 saturated carbocycles. The first-order valence-electron chi connectivity index (χ1n) is 18.0. The van der Waals surface area contributed by atoms with E-state index in [1.807, 2.05) is 36.4 Å². The van der Waals surface area contributed by atoms with Crippen LogP contribution in [0.1, 0.15) is 75.0 Å². The smallest absolute Gasteiger partial charge is 0.253 e. The Labute approximate surface area is 290 Å². The number of hydrogen-bond acceptors (Lipinski definition) is 10. The lowest BCUT2D eigenvalue weighted by atomic mass is 9.83. The van der Waals surface area contributed by atoms with E-state index in [0.29, 0.717) is 68.2 Å². The van der Waals surface area contributed by atoms with Gasteiger partial charge in [-0.25, -0.2) is 0 Å². The minimum atomic E-state index is -0.774. The molecule has 1 aliphatic heterocycles. The zero-order chi connectivity index (χ0) is 34.6. The topological polar surface area (TPSA) is 119 Å². The zero-order valence-corrected chi connectivity index (χ0v) is 29.5. The Morgan fingerprint density at radius 2 is 1.63 bits per heavy atom. The predicted octanol–water partition coefficient (Wildman–Crippen LogP) is 5.21. The fourth-order valence-corrected chi connectivity index (χ4v) is 7.59. The summed E-state index contributed by atoms with van der Waals surface area (Å²) in [6, 6.07) is 15.6. The molecule has 10 nitrogen and oxygen atoms in total. The number of anilines is 2. The second-order valence-electron chi connectivity index (χ2n) is 13.7. The van der Waals surface area contributed by atoms with Crippen LogP contribution in [0.4, 0.5) is 11.4 Å². The minimum absolute atomic E-state index is 0.125. The van der Waals surface area contributed by atoms with Gasteiger partial charge in [0.2, 0.25) is 0 Å². The second-order valence-corrected chi connectivity index (χ2v) is 13.7. The molecule has 0 radical (unpaired) electrons. The lowest BCUT2D eigenvalue weighted by Crippen LogP contribution is -2.50. The number of nitrogens with one attached hydrogen (secondary N) is 2. The number of nitrogens with zero attached hydrogens (tertiary/aromatic N) is 1. The average molecular weight is 678 g/mol. The van der Waals surface area contributed by atoms with Gasteiger partial charge in [-0.1, -0.05) is 62.4 Å².